The molecule has 1 aromatic carbocycles. The van der Waals surface area contributed by atoms with Crippen LogP contribution in [0.3, 0.4) is 0 Å². The Morgan fingerprint density at radius 1 is 1.27 bits per heavy atom. The van der Waals surface area contributed by atoms with Crippen LogP contribution in [0.5, 0.6) is 5.75 Å². The first-order chi connectivity index (χ1) is 10.4. The number of likely N-dealkylation sites (tertiary alicyclic amines) is 1. The molecule has 0 saturated carbocycles. The fourth-order valence-corrected chi connectivity index (χ4v) is 2.42. The van der Waals surface area contributed by atoms with Crippen molar-refractivity contribution in [3.8, 4) is 5.75 Å². The van der Waals surface area contributed by atoms with Crippen molar-refractivity contribution >= 4 is 5.91 Å². The monoisotopic (exact) mass is 319 g/mol. The van der Waals surface area contributed by atoms with E-state index in [0.29, 0.717) is 18.7 Å². The number of carbonyl (C=O) groups is 1. The van der Waals surface area contributed by atoms with Crippen molar-refractivity contribution < 1.29 is 27.1 Å². The van der Waals surface area contributed by atoms with E-state index in [1.54, 1.807) is 0 Å². The second-order valence-corrected chi connectivity index (χ2v) is 5.27. The van der Waals surface area contributed by atoms with Crippen LogP contribution in [0, 0.1) is 11.7 Å². The van der Waals surface area contributed by atoms with E-state index in [-0.39, 0.29) is 31.9 Å². The maximum Gasteiger partial charge on any atom is 0.393 e. The van der Waals surface area contributed by atoms with Crippen LogP contribution in [0.2, 0.25) is 0 Å². The number of halogens is 4. The number of nitrogens with zero attached hydrogens (tertiary/aromatic N) is 1. The third-order valence-corrected chi connectivity index (χ3v) is 3.64. The lowest BCUT2D eigenvalue weighted by molar-refractivity contribution is -0.188. The van der Waals surface area contributed by atoms with E-state index in [9.17, 15) is 22.4 Å². The quantitative estimate of drug-likeness (QED) is 0.796. The molecular weight excluding hydrogens is 302 g/mol. The highest BCUT2D eigenvalue weighted by Crippen LogP contribution is 2.33. The van der Waals surface area contributed by atoms with Crippen LogP contribution in [0.15, 0.2) is 24.3 Å². The standard InChI is InChI=1S/C15H17F4NO2/c16-12-3-5-13(6-4-12)22-9-7-14(21)20-8-1-2-11(10-20)15(17,18)19/h3-6,11H,1-2,7-10H2/t11-/m1/s1. The van der Waals surface area contributed by atoms with E-state index in [2.05, 4.69) is 0 Å². The molecule has 0 aliphatic carbocycles. The summed E-state index contributed by atoms with van der Waals surface area (Å²) in [6.45, 7) is 0.124. The molecule has 0 spiro atoms. The first kappa shape index (κ1) is 16.6. The van der Waals surface area contributed by atoms with Gasteiger partial charge in [-0.25, -0.2) is 4.39 Å². The molecule has 0 unspecified atom stereocenters. The van der Waals surface area contributed by atoms with Crippen molar-refractivity contribution in [1.82, 2.24) is 4.90 Å². The van der Waals surface area contributed by atoms with Crippen LogP contribution in [-0.4, -0.2) is 36.7 Å². The van der Waals surface area contributed by atoms with Crippen LogP contribution in [0.25, 0.3) is 0 Å². The Morgan fingerprint density at radius 3 is 2.59 bits per heavy atom. The molecule has 1 aliphatic heterocycles. The summed E-state index contributed by atoms with van der Waals surface area (Å²) in [6, 6.07) is 5.33. The molecule has 1 fully saturated rings. The van der Waals surface area contributed by atoms with Crippen molar-refractivity contribution in [2.24, 2.45) is 5.92 Å². The summed E-state index contributed by atoms with van der Waals surface area (Å²) >= 11 is 0. The lowest BCUT2D eigenvalue weighted by Gasteiger charge is -2.33. The van der Waals surface area contributed by atoms with Gasteiger partial charge in [0, 0.05) is 13.1 Å². The number of alkyl halides is 3. The maximum atomic E-state index is 12.7. The second-order valence-electron chi connectivity index (χ2n) is 5.27. The summed E-state index contributed by atoms with van der Waals surface area (Å²) < 4.78 is 56.1. The van der Waals surface area contributed by atoms with E-state index >= 15 is 0 Å². The SMILES string of the molecule is O=C(CCOc1ccc(F)cc1)N1CCC[C@@H](C(F)(F)F)C1. The number of carbonyl (C=O) groups excluding carboxylic acids is 1. The Morgan fingerprint density at radius 2 is 1.95 bits per heavy atom. The topological polar surface area (TPSA) is 29.5 Å². The van der Waals surface area contributed by atoms with Crippen molar-refractivity contribution in [3.05, 3.63) is 30.1 Å². The van der Waals surface area contributed by atoms with E-state index in [1.165, 1.54) is 29.2 Å². The highest BCUT2D eigenvalue weighted by Gasteiger charge is 2.42. The van der Waals surface area contributed by atoms with Crippen LogP contribution < -0.4 is 4.74 Å². The molecule has 1 amide bonds. The largest absolute Gasteiger partial charge is 0.493 e. The van der Waals surface area contributed by atoms with Crippen LogP contribution >= 0.6 is 0 Å². The molecule has 2 rings (SSSR count). The summed E-state index contributed by atoms with van der Waals surface area (Å²) in [7, 11) is 0. The predicted molar refractivity (Wildman–Crippen MR) is 71.9 cm³/mol. The Hall–Kier alpha value is -1.79. The smallest absolute Gasteiger partial charge is 0.393 e. The molecule has 1 heterocycles. The molecular formula is C15H17F4NO2. The molecule has 1 saturated heterocycles. The van der Waals surface area contributed by atoms with Gasteiger partial charge >= 0.3 is 6.18 Å². The number of amides is 1. The van der Waals surface area contributed by atoms with Gasteiger partial charge < -0.3 is 9.64 Å². The molecule has 0 N–H and O–H groups in total. The number of rotatable bonds is 4. The number of hydrogen-bond acceptors (Lipinski definition) is 2. The Labute approximate surface area is 125 Å². The Kier molecular flexibility index (Phi) is 5.26. The van der Waals surface area contributed by atoms with Crippen molar-refractivity contribution in [1.29, 1.82) is 0 Å². The lowest BCUT2D eigenvalue weighted by Crippen LogP contribution is -2.44. The molecule has 0 bridgehead atoms. The van der Waals surface area contributed by atoms with E-state index in [4.69, 9.17) is 4.74 Å². The summed E-state index contributed by atoms with van der Waals surface area (Å²) in [6.07, 6.45) is -3.83. The molecule has 0 aromatic heterocycles. The molecule has 3 nitrogen and oxygen atoms in total. The number of benzene rings is 1. The Bertz CT molecular complexity index is 501. The molecule has 7 heteroatoms. The molecule has 1 aromatic rings. The average molecular weight is 319 g/mol. The lowest BCUT2D eigenvalue weighted by atomic mass is 9.97. The zero-order valence-corrected chi connectivity index (χ0v) is 11.9. The third-order valence-electron chi connectivity index (χ3n) is 3.64. The van der Waals surface area contributed by atoms with Crippen molar-refractivity contribution in [2.45, 2.75) is 25.4 Å². The number of hydrogen-bond donors (Lipinski definition) is 0. The first-order valence-corrected chi connectivity index (χ1v) is 7.09. The number of piperidine rings is 1. The summed E-state index contributed by atoms with van der Waals surface area (Å²) in [5.41, 5.74) is 0. The van der Waals surface area contributed by atoms with Gasteiger partial charge in [0.25, 0.3) is 0 Å². The van der Waals surface area contributed by atoms with Gasteiger partial charge in [-0.15, -0.1) is 0 Å². The van der Waals surface area contributed by atoms with Crippen LogP contribution in [0.4, 0.5) is 17.6 Å². The zero-order valence-electron chi connectivity index (χ0n) is 11.9. The molecule has 0 radical (unpaired) electrons. The number of ether oxygens (including phenoxy) is 1. The minimum Gasteiger partial charge on any atom is -0.493 e. The van der Waals surface area contributed by atoms with E-state index in [1.807, 2.05) is 0 Å². The van der Waals surface area contributed by atoms with Gasteiger partial charge in [0.1, 0.15) is 11.6 Å². The first-order valence-electron chi connectivity index (χ1n) is 7.09. The zero-order chi connectivity index (χ0) is 16.2. The van der Waals surface area contributed by atoms with Crippen LogP contribution in [-0.2, 0) is 4.79 Å². The third kappa shape index (κ3) is 4.61. The van der Waals surface area contributed by atoms with Gasteiger partial charge in [-0.3, -0.25) is 4.79 Å². The maximum absolute atomic E-state index is 12.7. The molecule has 1 atom stereocenters. The van der Waals surface area contributed by atoms with Gasteiger partial charge in [-0.05, 0) is 37.1 Å². The summed E-state index contributed by atoms with van der Waals surface area (Å²) in [4.78, 5) is 13.2. The van der Waals surface area contributed by atoms with Gasteiger partial charge in [0.05, 0.1) is 18.9 Å². The molecule has 1 aliphatic rings. The van der Waals surface area contributed by atoms with Crippen LogP contribution in [0.1, 0.15) is 19.3 Å². The van der Waals surface area contributed by atoms with E-state index in [0.717, 1.165) is 0 Å². The van der Waals surface area contributed by atoms with E-state index < -0.39 is 17.9 Å². The highest BCUT2D eigenvalue weighted by atomic mass is 19.4. The predicted octanol–water partition coefficient (Wildman–Crippen LogP) is 3.40. The summed E-state index contributed by atoms with van der Waals surface area (Å²) in [5, 5.41) is 0. The Balaban J connectivity index is 1.78. The fraction of sp³-hybridized carbons (Fsp3) is 0.533. The minimum atomic E-state index is -4.26. The minimum absolute atomic E-state index is 0.00194. The van der Waals surface area contributed by atoms with Gasteiger partial charge in [-0.1, -0.05) is 0 Å². The molecule has 22 heavy (non-hydrogen) atoms. The molecule has 122 valence electrons. The summed E-state index contributed by atoms with van der Waals surface area (Å²) in [5.74, 6) is -1.77. The van der Waals surface area contributed by atoms with Crippen molar-refractivity contribution in [2.75, 3.05) is 19.7 Å². The average Bonchev–Trinajstić information content (AvgIpc) is 2.48. The van der Waals surface area contributed by atoms with Crippen molar-refractivity contribution in [3.63, 3.8) is 0 Å². The van der Waals surface area contributed by atoms with Gasteiger partial charge in [0.15, 0.2) is 0 Å². The van der Waals surface area contributed by atoms with Gasteiger partial charge in [-0.2, -0.15) is 13.2 Å². The van der Waals surface area contributed by atoms with Gasteiger partial charge in [0.2, 0.25) is 5.91 Å². The fourth-order valence-electron chi connectivity index (χ4n) is 2.42. The highest BCUT2D eigenvalue weighted by molar-refractivity contribution is 5.76. The normalized spacial score (nSPS) is 19.1. The second kappa shape index (κ2) is 6.98.